The Morgan fingerprint density at radius 2 is 0.781 bits per heavy atom. The molecular formula is C30H28Si2. The second-order valence-electron chi connectivity index (χ2n) is 10.8. The number of hydrogen-bond acceptors (Lipinski definition) is 0. The molecule has 0 saturated carbocycles. The van der Waals surface area contributed by atoms with E-state index >= 15 is 0 Å². The molecule has 0 aromatic heterocycles. The van der Waals surface area contributed by atoms with E-state index in [4.69, 9.17) is 0 Å². The summed E-state index contributed by atoms with van der Waals surface area (Å²) < 4.78 is 0. The van der Waals surface area contributed by atoms with Crippen LogP contribution in [0.2, 0.25) is 39.3 Å². The van der Waals surface area contributed by atoms with E-state index in [9.17, 15) is 0 Å². The van der Waals surface area contributed by atoms with Crippen molar-refractivity contribution in [2.45, 2.75) is 39.3 Å². The minimum atomic E-state index is -1.44. The van der Waals surface area contributed by atoms with Crippen molar-refractivity contribution in [3.8, 4) is 22.9 Å². The van der Waals surface area contributed by atoms with Crippen LogP contribution in [0, 0.1) is 22.9 Å². The number of hydrogen-bond donors (Lipinski definition) is 0. The minimum absolute atomic E-state index is 1.14. The van der Waals surface area contributed by atoms with E-state index in [0.717, 1.165) is 11.1 Å². The van der Waals surface area contributed by atoms with Crippen molar-refractivity contribution in [2.24, 2.45) is 0 Å². The summed E-state index contributed by atoms with van der Waals surface area (Å²) in [5.41, 5.74) is 9.39. The molecule has 0 aliphatic heterocycles. The van der Waals surface area contributed by atoms with Gasteiger partial charge in [-0.3, -0.25) is 0 Å². The van der Waals surface area contributed by atoms with Crippen molar-refractivity contribution >= 4 is 59.2 Å². The van der Waals surface area contributed by atoms with Gasteiger partial charge in [0.1, 0.15) is 16.1 Å². The Morgan fingerprint density at radius 1 is 0.438 bits per heavy atom. The van der Waals surface area contributed by atoms with Gasteiger partial charge in [0.25, 0.3) is 0 Å². The predicted molar refractivity (Wildman–Crippen MR) is 148 cm³/mol. The first-order valence-electron chi connectivity index (χ1n) is 11.3. The lowest BCUT2D eigenvalue weighted by molar-refractivity contribution is 1.72. The van der Waals surface area contributed by atoms with Crippen molar-refractivity contribution in [3.05, 3.63) is 71.8 Å². The number of rotatable bonds is 0. The lowest BCUT2D eigenvalue weighted by atomic mass is 9.87. The molecule has 0 saturated heterocycles. The number of benzene rings is 5. The maximum absolute atomic E-state index is 3.55. The van der Waals surface area contributed by atoms with Crippen LogP contribution in [0.3, 0.4) is 0 Å². The van der Waals surface area contributed by atoms with Crippen LogP contribution in [0.4, 0.5) is 0 Å². The summed E-state index contributed by atoms with van der Waals surface area (Å²) in [4.78, 5) is 0. The van der Waals surface area contributed by atoms with Crippen LogP contribution in [0.5, 0.6) is 0 Å². The first kappa shape index (κ1) is 20.8. The maximum atomic E-state index is 3.55. The van der Waals surface area contributed by atoms with Crippen LogP contribution < -0.4 is 0 Å². The van der Waals surface area contributed by atoms with Crippen LogP contribution in [0.15, 0.2) is 60.7 Å². The Kier molecular flexibility index (Phi) is 4.72. The van der Waals surface area contributed by atoms with Crippen molar-refractivity contribution in [2.75, 3.05) is 0 Å². The van der Waals surface area contributed by atoms with E-state index in [1.165, 1.54) is 43.1 Å². The first-order chi connectivity index (χ1) is 15.1. The smallest absolute Gasteiger partial charge is 0.127 e. The first-order valence-corrected chi connectivity index (χ1v) is 18.3. The summed E-state index contributed by atoms with van der Waals surface area (Å²) in [6.45, 7) is 13.8. The fourth-order valence-corrected chi connectivity index (χ4v) is 5.46. The fraction of sp³-hybridized carbons (Fsp3) is 0.200. The molecule has 0 N–H and O–H groups in total. The molecule has 2 heteroatoms. The molecule has 5 aromatic carbocycles. The fourth-order valence-electron chi connectivity index (χ4n) is 4.44. The molecule has 0 aliphatic carbocycles. The minimum Gasteiger partial charge on any atom is -0.127 e. The topological polar surface area (TPSA) is 0 Å². The SMILES string of the molecule is C[Si](C)(C)C#Cc1ccc2c3ccc(C#C[Si](C)(C)C)c4cccc(c5cccc1c52)c43. The molecule has 0 unspecified atom stereocenters. The quantitative estimate of drug-likeness (QED) is 0.0977. The van der Waals surface area contributed by atoms with Gasteiger partial charge in [-0.2, -0.15) is 0 Å². The van der Waals surface area contributed by atoms with Gasteiger partial charge in [0.15, 0.2) is 0 Å². The Labute approximate surface area is 193 Å². The highest BCUT2D eigenvalue weighted by molar-refractivity contribution is 6.84. The molecule has 0 bridgehead atoms. The molecule has 0 aliphatic rings. The average molecular weight is 445 g/mol. The third kappa shape index (κ3) is 3.61. The van der Waals surface area contributed by atoms with Crippen LogP contribution in [0.1, 0.15) is 11.1 Å². The molecule has 5 aromatic rings. The molecule has 0 radical (unpaired) electrons. The molecule has 156 valence electrons. The lowest BCUT2D eigenvalue weighted by Crippen LogP contribution is -2.16. The van der Waals surface area contributed by atoms with Crippen molar-refractivity contribution in [1.29, 1.82) is 0 Å². The highest BCUT2D eigenvalue weighted by Gasteiger charge is 2.16. The lowest BCUT2D eigenvalue weighted by Gasteiger charge is -2.16. The summed E-state index contributed by atoms with van der Waals surface area (Å²) in [6.07, 6.45) is 0. The second kappa shape index (κ2) is 7.24. The van der Waals surface area contributed by atoms with Gasteiger partial charge in [0, 0.05) is 11.1 Å². The molecular weight excluding hydrogens is 417 g/mol. The third-order valence-corrected chi connectivity index (χ3v) is 7.56. The van der Waals surface area contributed by atoms with E-state index in [2.05, 4.69) is 123 Å². The molecule has 0 fully saturated rings. The van der Waals surface area contributed by atoms with Gasteiger partial charge in [-0.1, -0.05) is 99.7 Å². The van der Waals surface area contributed by atoms with E-state index in [0.29, 0.717) is 0 Å². The Morgan fingerprint density at radius 3 is 1.16 bits per heavy atom. The molecule has 32 heavy (non-hydrogen) atoms. The highest BCUT2D eigenvalue weighted by Crippen LogP contribution is 2.41. The zero-order valence-corrected chi connectivity index (χ0v) is 21.8. The molecule has 0 heterocycles. The van der Waals surface area contributed by atoms with Gasteiger partial charge in [-0.15, -0.1) is 11.1 Å². The Hall–Kier alpha value is -3.05. The normalized spacial score (nSPS) is 12.2. The van der Waals surface area contributed by atoms with Crippen molar-refractivity contribution < 1.29 is 0 Å². The van der Waals surface area contributed by atoms with E-state index in [1.54, 1.807) is 0 Å². The monoisotopic (exact) mass is 444 g/mol. The summed E-state index contributed by atoms with van der Waals surface area (Å²) >= 11 is 0. The summed E-state index contributed by atoms with van der Waals surface area (Å²) in [5.74, 6) is 7.03. The van der Waals surface area contributed by atoms with Gasteiger partial charge < -0.3 is 0 Å². The van der Waals surface area contributed by atoms with Crippen LogP contribution >= 0.6 is 0 Å². The van der Waals surface area contributed by atoms with Gasteiger partial charge in [0.05, 0.1) is 0 Å². The van der Waals surface area contributed by atoms with Crippen LogP contribution in [-0.4, -0.2) is 16.1 Å². The van der Waals surface area contributed by atoms with Gasteiger partial charge in [-0.25, -0.2) is 0 Å². The summed E-state index contributed by atoms with van der Waals surface area (Å²) in [6, 6.07) is 22.3. The van der Waals surface area contributed by atoms with E-state index in [1.807, 2.05) is 0 Å². The van der Waals surface area contributed by atoms with Crippen molar-refractivity contribution in [1.82, 2.24) is 0 Å². The summed E-state index contributed by atoms with van der Waals surface area (Å²) in [7, 11) is -2.89. The standard InChI is InChI=1S/C30H28Si2/c1-31(2,3)19-17-21-13-15-27-28-16-14-22(18-20-32(4,5)6)24-10-8-12-26(30(24)28)25-11-7-9-23(21)29(25)27/h7-16H,1-6H3. The van der Waals surface area contributed by atoms with E-state index in [-0.39, 0.29) is 0 Å². The average Bonchev–Trinajstić information content (AvgIpc) is 2.73. The van der Waals surface area contributed by atoms with Gasteiger partial charge >= 0.3 is 0 Å². The van der Waals surface area contributed by atoms with Crippen LogP contribution in [-0.2, 0) is 0 Å². The van der Waals surface area contributed by atoms with Gasteiger partial charge in [0.2, 0.25) is 0 Å². The summed E-state index contributed by atoms with van der Waals surface area (Å²) in [5, 5.41) is 10.4. The highest BCUT2D eigenvalue weighted by atomic mass is 28.3. The predicted octanol–water partition coefficient (Wildman–Crippen LogP) is 8.20. The number of fused-ring (bicyclic) bond motifs is 2. The maximum Gasteiger partial charge on any atom is 0.129 e. The Balaban J connectivity index is 1.91. The second-order valence-corrected chi connectivity index (χ2v) is 20.3. The van der Waals surface area contributed by atoms with E-state index < -0.39 is 16.1 Å². The van der Waals surface area contributed by atoms with Crippen molar-refractivity contribution in [3.63, 3.8) is 0 Å². The molecule has 0 spiro atoms. The molecule has 0 nitrogen and oxygen atoms in total. The zero-order chi connectivity index (χ0) is 22.7. The Bertz CT molecular complexity index is 1490. The van der Waals surface area contributed by atoms with Gasteiger partial charge in [-0.05, 0) is 55.2 Å². The molecule has 0 amide bonds. The third-order valence-electron chi connectivity index (χ3n) is 5.81. The molecule has 5 rings (SSSR count). The zero-order valence-electron chi connectivity index (χ0n) is 19.8. The molecule has 0 atom stereocenters. The van der Waals surface area contributed by atoms with Crippen LogP contribution in [0.25, 0.3) is 43.1 Å². The largest absolute Gasteiger partial charge is 0.129 e.